The molecule has 2 atom stereocenters. The number of benzene rings is 1. The number of hydrogen-bond donors (Lipinski definition) is 1. The molecule has 1 saturated carbocycles. The molecule has 1 saturated heterocycles. The van der Waals surface area contributed by atoms with E-state index in [1.807, 2.05) is 0 Å². The molecule has 108 valence electrons. The summed E-state index contributed by atoms with van der Waals surface area (Å²) in [4.78, 5) is 26.2. The summed E-state index contributed by atoms with van der Waals surface area (Å²) in [6, 6.07) is 4.90. The van der Waals surface area contributed by atoms with E-state index in [9.17, 15) is 9.59 Å². The van der Waals surface area contributed by atoms with E-state index in [-0.39, 0.29) is 30.3 Å². The second kappa shape index (κ2) is 5.51. The molecule has 1 aromatic carbocycles. The molecule has 1 heterocycles. The van der Waals surface area contributed by atoms with Gasteiger partial charge in [-0.25, -0.2) is 4.90 Å². The predicted molar refractivity (Wildman–Crippen MR) is 78.7 cm³/mol. The fraction of sp³-hybridized carbons (Fsp3) is 0.375. The summed E-state index contributed by atoms with van der Waals surface area (Å²) < 4.78 is 0. The number of carbonyl (C=O) groups excluding carboxylic acids is 2. The SMILES string of the molecule is O=C1C2CCCC2C(=O)N1c1cc(Cl)ccc1C#CCO. The van der Waals surface area contributed by atoms with Gasteiger partial charge in [0.2, 0.25) is 11.8 Å². The molecule has 0 radical (unpaired) electrons. The molecule has 1 aromatic rings. The number of carbonyl (C=O) groups is 2. The Morgan fingerprint density at radius 2 is 1.90 bits per heavy atom. The Kier molecular flexibility index (Phi) is 3.71. The third kappa shape index (κ3) is 2.33. The van der Waals surface area contributed by atoms with Crippen LogP contribution in [0, 0.1) is 23.7 Å². The highest BCUT2D eigenvalue weighted by atomic mass is 35.5. The van der Waals surface area contributed by atoms with Crippen LogP contribution in [0.15, 0.2) is 18.2 Å². The molecule has 1 N–H and O–H groups in total. The summed E-state index contributed by atoms with van der Waals surface area (Å²) in [5.41, 5.74) is 0.947. The summed E-state index contributed by atoms with van der Waals surface area (Å²) in [6.45, 7) is -0.283. The largest absolute Gasteiger partial charge is 0.384 e. The van der Waals surface area contributed by atoms with Crippen molar-refractivity contribution in [2.75, 3.05) is 11.5 Å². The van der Waals surface area contributed by atoms with Crippen LogP contribution in [0.5, 0.6) is 0 Å². The molecule has 5 heteroatoms. The van der Waals surface area contributed by atoms with Crippen LogP contribution in [0.1, 0.15) is 24.8 Å². The number of imide groups is 1. The first kappa shape index (κ1) is 14.1. The zero-order valence-electron chi connectivity index (χ0n) is 11.3. The van der Waals surface area contributed by atoms with Gasteiger partial charge in [0.25, 0.3) is 0 Å². The maximum atomic E-state index is 12.5. The third-order valence-electron chi connectivity index (χ3n) is 4.09. The second-order valence-corrected chi connectivity index (χ2v) is 5.71. The summed E-state index contributed by atoms with van der Waals surface area (Å²) in [5.74, 6) is 4.60. The Morgan fingerprint density at radius 3 is 2.52 bits per heavy atom. The van der Waals surface area contributed by atoms with Crippen molar-refractivity contribution in [2.24, 2.45) is 11.8 Å². The molecule has 2 amide bonds. The van der Waals surface area contributed by atoms with E-state index in [0.717, 1.165) is 19.3 Å². The van der Waals surface area contributed by atoms with Crippen molar-refractivity contribution in [1.29, 1.82) is 0 Å². The summed E-state index contributed by atoms with van der Waals surface area (Å²) in [5, 5.41) is 9.27. The lowest BCUT2D eigenvalue weighted by Crippen LogP contribution is -2.32. The van der Waals surface area contributed by atoms with Gasteiger partial charge in [0, 0.05) is 10.6 Å². The van der Waals surface area contributed by atoms with Crippen molar-refractivity contribution < 1.29 is 14.7 Å². The number of aliphatic hydroxyl groups excluding tert-OH is 1. The highest BCUT2D eigenvalue weighted by molar-refractivity contribution is 6.31. The number of aliphatic hydroxyl groups is 1. The molecule has 2 unspecified atom stereocenters. The molecule has 0 bridgehead atoms. The minimum absolute atomic E-state index is 0.156. The van der Waals surface area contributed by atoms with Crippen LogP contribution in [0.4, 0.5) is 5.69 Å². The number of rotatable bonds is 1. The van der Waals surface area contributed by atoms with Crippen molar-refractivity contribution in [3.63, 3.8) is 0 Å². The minimum Gasteiger partial charge on any atom is -0.384 e. The van der Waals surface area contributed by atoms with Crippen molar-refractivity contribution in [1.82, 2.24) is 0 Å². The number of fused-ring (bicyclic) bond motifs is 1. The normalized spacial score (nSPS) is 24.0. The molecule has 21 heavy (non-hydrogen) atoms. The second-order valence-electron chi connectivity index (χ2n) is 5.28. The minimum atomic E-state index is -0.283. The molecule has 0 aromatic heterocycles. The average Bonchev–Trinajstić information content (AvgIpc) is 3.03. The highest BCUT2D eigenvalue weighted by Gasteiger charge is 2.50. The summed E-state index contributed by atoms with van der Waals surface area (Å²) in [6.07, 6.45) is 2.46. The first-order valence-corrected chi connectivity index (χ1v) is 7.28. The zero-order chi connectivity index (χ0) is 15.0. The Labute approximate surface area is 127 Å². The Morgan fingerprint density at radius 1 is 1.24 bits per heavy atom. The topological polar surface area (TPSA) is 57.6 Å². The van der Waals surface area contributed by atoms with Crippen LogP contribution in [0.25, 0.3) is 0 Å². The maximum Gasteiger partial charge on any atom is 0.237 e. The van der Waals surface area contributed by atoms with E-state index in [2.05, 4.69) is 11.8 Å². The highest BCUT2D eigenvalue weighted by Crippen LogP contribution is 2.42. The van der Waals surface area contributed by atoms with Gasteiger partial charge in [-0.05, 0) is 31.0 Å². The maximum absolute atomic E-state index is 12.5. The van der Waals surface area contributed by atoms with Crippen LogP contribution in [0.2, 0.25) is 5.02 Å². The van der Waals surface area contributed by atoms with E-state index < -0.39 is 0 Å². The molecule has 1 aliphatic heterocycles. The fourth-order valence-corrected chi connectivity index (χ4v) is 3.33. The van der Waals surface area contributed by atoms with Gasteiger partial charge in [0.05, 0.1) is 17.5 Å². The summed E-state index contributed by atoms with van der Waals surface area (Å²) >= 11 is 6.00. The lowest BCUT2D eigenvalue weighted by Gasteiger charge is -2.18. The van der Waals surface area contributed by atoms with Gasteiger partial charge in [0.1, 0.15) is 6.61 Å². The first-order chi connectivity index (χ1) is 10.1. The van der Waals surface area contributed by atoms with E-state index >= 15 is 0 Å². The molecular weight excluding hydrogens is 290 g/mol. The van der Waals surface area contributed by atoms with Crippen molar-refractivity contribution in [2.45, 2.75) is 19.3 Å². The van der Waals surface area contributed by atoms with Gasteiger partial charge in [-0.3, -0.25) is 9.59 Å². The lowest BCUT2D eigenvalue weighted by molar-refractivity contribution is -0.122. The van der Waals surface area contributed by atoms with Crippen LogP contribution in [-0.2, 0) is 9.59 Å². The Hall–Kier alpha value is -1.83. The number of hydrogen-bond acceptors (Lipinski definition) is 3. The van der Waals surface area contributed by atoms with Gasteiger partial charge < -0.3 is 5.11 Å². The monoisotopic (exact) mass is 303 g/mol. The van der Waals surface area contributed by atoms with Crippen LogP contribution >= 0.6 is 11.6 Å². The Bertz CT molecular complexity index is 652. The van der Waals surface area contributed by atoms with Crippen LogP contribution in [0.3, 0.4) is 0 Å². The van der Waals surface area contributed by atoms with Gasteiger partial charge in [-0.2, -0.15) is 0 Å². The quantitative estimate of drug-likeness (QED) is 0.637. The van der Waals surface area contributed by atoms with Crippen molar-refractivity contribution in [3.8, 4) is 11.8 Å². The van der Waals surface area contributed by atoms with E-state index in [1.54, 1.807) is 18.2 Å². The summed E-state index contributed by atoms with van der Waals surface area (Å²) in [7, 11) is 0. The predicted octanol–water partition coefficient (Wildman–Crippen LogP) is 1.97. The van der Waals surface area contributed by atoms with E-state index in [1.165, 1.54) is 4.90 Å². The van der Waals surface area contributed by atoms with Gasteiger partial charge in [-0.15, -0.1) is 0 Å². The Balaban J connectivity index is 2.06. The van der Waals surface area contributed by atoms with Crippen molar-refractivity contribution in [3.05, 3.63) is 28.8 Å². The van der Waals surface area contributed by atoms with Gasteiger partial charge in [0.15, 0.2) is 0 Å². The first-order valence-electron chi connectivity index (χ1n) is 6.90. The van der Waals surface area contributed by atoms with E-state index in [0.29, 0.717) is 16.3 Å². The molecule has 2 aliphatic rings. The van der Waals surface area contributed by atoms with Crippen LogP contribution in [-0.4, -0.2) is 23.5 Å². The third-order valence-corrected chi connectivity index (χ3v) is 4.33. The number of halogens is 1. The van der Waals surface area contributed by atoms with Crippen LogP contribution < -0.4 is 4.90 Å². The number of nitrogens with zero attached hydrogens (tertiary/aromatic N) is 1. The average molecular weight is 304 g/mol. The standard InChI is InChI=1S/C16H14ClNO3/c17-11-7-6-10(3-2-8-19)14(9-11)18-15(20)12-4-1-5-13(12)16(18)21/h6-7,9,12-13,19H,1,4-5,8H2. The molecule has 4 nitrogen and oxygen atoms in total. The number of anilines is 1. The molecule has 3 rings (SSSR count). The molecular formula is C16H14ClNO3. The molecule has 2 fully saturated rings. The number of amides is 2. The molecule has 1 aliphatic carbocycles. The van der Waals surface area contributed by atoms with E-state index in [4.69, 9.17) is 16.7 Å². The van der Waals surface area contributed by atoms with Gasteiger partial charge in [-0.1, -0.05) is 29.9 Å². The molecule has 0 spiro atoms. The van der Waals surface area contributed by atoms with Gasteiger partial charge >= 0.3 is 0 Å². The fourth-order valence-electron chi connectivity index (χ4n) is 3.16. The smallest absolute Gasteiger partial charge is 0.237 e. The zero-order valence-corrected chi connectivity index (χ0v) is 12.1. The van der Waals surface area contributed by atoms with Crippen molar-refractivity contribution >= 4 is 29.1 Å². The lowest BCUT2D eigenvalue weighted by atomic mass is 10.00.